The van der Waals surface area contributed by atoms with Crippen molar-refractivity contribution in [3.8, 4) is 23.3 Å². The lowest BCUT2D eigenvalue weighted by Crippen LogP contribution is -2.13. The number of rotatable bonds is 9. The van der Waals surface area contributed by atoms with Gasteiger partial charge in [0.2, 0.25) is 0 Å². The van der Waals surface area contributed by atoms with Crippen LogP contribution < -0.4 is 19.5 Å². The van der Waals surface area contributed by atoms with Crippen molar-refractivity contribution in [3.63, 3.8) is 0 Å². The van der Waals surface area contributed by atoms with Crippen LogP contribution in [0.15, 0.2) is 70.7 Å². The first kappa shape index (κ1) is 24.8. The van der Waals surface area contributed by atoms with Crippen LogP contribution in [0.4, 0.5) is 10.1 Å². The molecule has 0 saturated heterocycles. The summed E-state index contributed by atoms with van der Waals surface area (Å²) in [5.74, 6) is 0.523. The van der Waals surface area contributed by atoms with Gasteiger partial charge in [0.05, 0.1) is 18.2 Å². The maximum absolute atomic E-state index is 14.0. The number of nitrogens with one attached hydrogen (secondary N) is 1. The zero-order valence-corrected chi connectivity index (χ0v) is 20.2. The fourth-order valence-electron chi connectivity index (χ4n) is 3.03. The van der Waals surface area contributed by atoms with Crippen molar-refractivity contribution >= 4 is 33.6 Å². The van der Waals surface area contributed by atoms with Gasteiger partial charge in [-0.05, 0) is 77.0 Å². The summed E-state index contributed by atoms with van der Waals surface area (Å²) in [6.07, 6.45) is 1.45. The van der Waals surface area contributed by atoms with E-state index < -0.39 is 5.91 Å². The zero-order valence-electron chi connectivity index (χ0n) is 18.6. The van der Waals surface area contributed by atoms with Crippen molar-refractivity contribution in [1.82, 2.24) is 0 Å². The summed E-state index contributed by atoms with van der Waals surface area (Å²) in [6, 6.07) is 18.4. The Morgan fingerprint density at radius 1 is 1.15 bits per heavy atom. The smallest absolute Gasteiger partial charge is 0.266 e. The molecule has 0 aliphatic heterocycles. The van der Waals surface area contributed by atoms with Gasteiger partial charge in [-0.15, -0.1) is 0 Å². The van der Waals surface area contributed by atoms with Gasteiger partial charge in [0.1, 0.15) is 29.8 Å². The Labute approximate surface area is 205 Å². The lowest BCUT2D eigenvalue weighted by Gasteiger charge is -2.15. The number of methoxy groups -OCH3 is 1. The molecule has 0 heterocycles. The van der Waals surface area contributed by atoms with Gasteiger partial charge in [0.25, 0.3) is 5.91 Å². The third kappa shape index (κ3) is 6.36. The average Bonchev–Trinajstić information content (AvgIpc) is 2.83. The van der Waals surface area contributed by atoms with E-state index in [1.165, 1.54) is 12.1 Å². The number of amides is 1. The van der Waals surface area contributed by atoms with E-state index in [2.05, 4.69) is 21.2 Å². The quantitative estimate of drug-likeness (QED) is 0.269. The number of hydrogen-bond donors (Lipinski definition) is 1. The molecule has 0 fully saturated rings. The van der Waals surface area contributed by atoms with Crippen LogP contribution in [0.3, 0.4) is 0 Å². The normalized spacial score (nSPS) is 10.9. The highest BCUT2D eigenvalue weighted by atomic mass is 79.9. The van der Waals surface area contributed by atoms with Gasteiger partial charge in [-0.2, -0.15) is 5.26 Å². The van der Waals surface area contributed by atoms with Crippen LogP contribution in [0.5, 0.6) is 17.2 Å². The van der Waals surface area contributed by atoms with E-state index in [-0.39, 0.29) is 18.0 Å². The molecule has 0 aromatic heterocycles. The largest absolute Gasteiger partial charge is 0.497 e. The number of hydrogen-bond acceptors (Lipinski definition) is 5. The van der Waals surface area contributed by atoms with Crippen molar-refractivity contribution in [2.45, 2.75) is 13.5 Å². The molecule has 6 nitrogen and oxygen atoms in total. The van der Waals surface area contributed by atoms with Gasteiger partial charge in [0.15, 0.2) is 11.5 Å². The van der Waals surface area contributed by atoms with Gasteiger partial charge in [-0.25, -0.2) is 4.39 Å². The van der Waals surface area contributed by atoms with Gasteiger partial charge < -0.3 is 19.5 Å². The van der Waals surface area contributed by atoms with E-state index in [0.29, 0.717) is 45.1 Å². The molecule has 0 atom stereocenters. The van der Waals surface area contributed by atoms with Crippen molar-refractivity contribution in [3.05, 3.63) is 87.7 Å². The summed E-state index contributed by atoms with van der Waals surface area (Å²) in [7, 11) is 1.55. The summed E-state index contributed by atoms with van der Waals surface area (Å²) in [6.45, 7) is 2.19. The molecule has 1 N–H and O–H groups in total. The summed E-state index contributed by atoms with van der Waals surface area (Å²) in [4.78, 5) is 12.6. The molecule has 0 aliphatic carbocycles. The average molecular weight is 525 g/mol. The van der Waals surface area contributed by atoms with E-state index in [1.54, 1.807) is 61.7 Å². The van der Waals surface area contributed by atoms with E-state index in [4.69, 9.17) is 14.2 Å². The minimum atomic E-state index is -0.554. The number of halogens is 2. The minimum Gasteiger partial charge on any atom is -0.497 e. The van der Waals surface area contributed by atoms with Crippen LogP contribution in [0, 0.1) is 17.1 Å². The fourth-order valence-corrected chi connectivity index (χ4v) is 3.60. The number of anilines is 1. The molecule has 8 heteroatoms. The van der Waals surface area contributed by atoms with E-state index >= 15 is 0 Å². The molecule has 174 valence electrons. The maximum Gasteiger partial charge on any atom is 0.266 e. The highest BCUT2D eigenvalue weighted by Crippen LogP contribution is 2.38. The molecule has 3 rings (SSSR count). The third-order valence-corrected chi connectivity index (χ3v) is 5.27. The highest BCUT2D eigenvalue weighted by Gasteiger charge is 2.15. The number of nitrogens with zero attached hydrogens (tertiary/aromatic N) is 1. The molecule has 0 saturated carbocycles. The Kier molecular flexibility index (Phi) is 8.66. The van der Waals surface area contributed by atoms with Crippen molar-refractivity contribution in [2.24, 2.45) is 0 Å². The van der Waals surface area contributed by atoms with Gasteiger partial charge >= 0.3 is 0 Å². The Morgan fingerprint density at radius 2 is 1.88 bits per heavy atom. The number of carbonyl (C=O) groups is 1. The van der Waals surface area contributed by atoms with Crippen LogP contribution in [-0.4, -0.2) is 19.6 Å². The lowest BCUT2D eigenvalue weighted by molar-refractivity contribution is -0.112. The predicted molar refractivity (Wildman–Crippen MR) is 131 cm³/mol. The summed E-state index contributed by atoms with van der Waals surface area (Å²) in [5.41, 5.74) is 1.39. The summed E-state index contributed by atoms with van der Waals surface area (Å²) < 4.78 is 31.1. The molecule has 34 heavy (non-hydrogen) atoms. The standard InChI is InChI=1S/C26H22BrFN2O4/c1-3-33-24-14-17(13-22(27)25(24)34-16-18-6-4-5-7-23(18)28)12-19(15-29)26(31)30-20-8-10-21(32-2)11-9-20/h4-14H,3,16H2,1-2H3,(H,30,31)/b19-12+. The fraction of sp³-hybridized carbons (Fsp3) is 0.154. The number of benzene rings is 3. The zero-order chi connectivity index (χ0) is 24.5. The molecule has 0 radical (unpaired) electrons. The SMILES string of the molecule is CCOc1cc(/C=C(\C#N)C(=O)Nc2ccc(OC)cc2)cc(Br)c1OCc1ccccc1F. The third-order valence-electron chi connectivity index (χ3n) is 4.69. The van der Waals surface area contributed by atoms with E-state index in [9.17, 15) is 14.4 Å². The van der Waals surface area contributed by atoms with Crippen LogP contribution >= 0.6 is 15.9 Å². The lowest BCUT2D eigenvalue weighted by atomic mass is 10.1. The topological polar surface area (TPSA) is 80.6 Å². The van der Waals surface area contributed by atoms with Crippen LogP contribution in [0.2, 0.25) is 0 Å². The first-order valence-corrected chi connectivity index (χ1v) is 11.1. The monoisotopic (exact) mass is 524 g/mol. The van der Waals surface area contributed by atoms with Crippen molar-refractivity contribution in [1.29, 1.82) is 5.26 Å². The van der Waals surface area contributed by atoms with E-state index in [1.807, 2.05) is 13.0 Å². The summed E-state index contributed by atoms with van der Waals surface area (Å²) >= 11 is 3.45. The molecule has 3 aromatic rings. The number of nitriles is 1. The molecule has 0 spiro atoms. The second-order valence-corrected chi connectivity index (χ2v) is 7.85. The van der Waals surface area contributed by atoms with Gasteiger partial charge in [0, 0.05) is 11.3 Å². The molecule has 0 aliphatic rings. The van der Waals surface area contributed by atoms with Crippen LogP contribution in [0.25, 0.3) is 6.08 Å². The molecule has 1 amide bonds. The minimum absolute atomic E-state index is 0.00818. The maximum atomic E-state index is 14.0. The first-order chi connectivity index (χ1) is 16.4. The Bertz CT molecular complexity index is 1240. The predicted octanol–water partition coefficient (Wildman–Crippen LogP) is 6.12. The second kappa shape index (κ2) is 11.9. The molecule has 3 aromatic carbocycles. The van der Waals surface area contributed by atoms with E-state index in [0.717, 1.165) is 0 Å². The first-order valence-electron chi connectivity index (χ1n) is 10.3. The van der Waals surface area contributed by atoms with Crippen LogP contribution in [-0.2, 0) is 11.4 Å². The second-order valence-electron chi connectivity index (χ2n) is 7.00. The van der Waals surface area contributed by atoms with Crippen molar-refractivity contribution in [2.75, 3.05) is 19.0 Å². The Balaban J connectivity index is 1.83. The molecular weight excluding hydrogens is 503 g/mol. The molecule has 0 unspecified atom stereocenters. The summed E-state index contributed by atoms with van der Waals surface area (Å²) in [5, 5.41) is 12.2. The Morgan fingerprint density at radius 3 is 2.53 bits per heavy atom. The number of ether oxygens (including phenoxy) is 3. The van der Waals surface area contributed by atoms with Crippen molar-refractivity contribution < 1.29 is 23.4 Å². The highest BCUT2D eigenvalue weighted by molar-refractivity contribution is 9.10. The number of carbonyl (C=O) groups excluding carboxylic acids is 1. The van der Waals surface area contributed by atoms with Crippen LogP contribution in [0.1, 0.15) is 18.1 Å². The van der Waals surface area contributed by atoms with Gasteiger partial charge in [-0.1, -0.05) is 18.2 Å². The Hall–Kier alpha value is -3.83. The van der Waals surface area contributed by atoms with Gasteiger partial charge in [-0.3, -0.25) is 4.79 Å². The molecular formula is C26H22BrFN2O4. The molecule has 0 bridgehead atoms.